The minimum absolute atomic E-state index is 0.291. The summed E-state index contributed by atoms with van der Waals surface area (Å²) in [5.74, 6) is -0.898. The highest BCUT2D eigenvalue weighted by molar-refractivity contribution is 5.87. The summed E-state index contributed by atoms with van der Waals surface area (Å²) in [6.07, 6.45) is 2.52. The molecule has 1 heterocycles. The number of hydrogen-bond donors (Lipinski definition) is 2. The normalized spacial score (nSPS) is 19.6. The van der Waals surface area contributed by atoms with Gasteiger partial charge in [-0.1, -0.05) is 0 Å². The summed E-state index contributed by atoms with van der Waals surface area (Å²) < 4.78 is 5.48. The van der Waals surface area contributed by atoms with Gasteiger partial charge >= 0.3 is 5.97 Å². The molecule has 0 aliphatic carbocycles. The summed E-state index contributed by atoms with van der Waals surface area (Å²) in [7, 11) is 0. The topological polar surface area (TPSA) is 58.6 Å². The van der Waals surface area contributed by atoms with Crippen molar-refractivity contribution in [1.82, 2.24) is 0 Å². The molecule has 1 fully saturated rings. The molecule has 0 radical (unpaired) electrons. The standard InChI is InChI=1S/C12H15NO3/c14-12(15)9-3-5-10(6-4-9)13-8-11-2-1-7-16-11/h3-6,11,13H,1-2,7-8H2,(H,14,15). The third-order valence-corrected chi connectivity index (χ3v) is 2.69. The van der Waals surface area contributed by atoms with Crippen LogP contribution in [0.1, 0.15) is 23.2 Å². The van der Waals surface area contributed by atoms with E-state index in [2.05, 4.69) is 5.32 Å². The van der Waals surface area contributed by atoms with Crippen LogP contribution >= 0.6 is 0 Å². The Morgan fingerprint density at radius 2 is 2.19 bits per heavy atom. The van der Waals surface area contributed by atoms with Gasteiger partial charge in [-0.05, 0) is 37.1 Å². The molecule has 1 aromatic rings. The molecule has 4 heteroatoms. The molecule has 1 saturated heterocycles. The van der Waals surface area contributed by atoms with Gasteiger partial charge < -0.3 is 15.2 Å². The highest BCUT2D eigenvalue weighted by Crippen LogP contribution is 2.14. The Hall–Kier alpha value is -1.55. The lowest BCUT2D eigenvalue weighted by atomic mass is 10.2. The molecule has 1 aliphatic rings. The van der Waals surface area contributed by atoms with Gasteiger partial charge in [0, 0.05) is 18.8 Å². The Morgan fingerprint density at radius 3 is 2.75 bits per heavy atom. The van der Waals surface area contributed by atoms with Gasteiger partial charge in [0.1, 0.15) is 0 Å². The maximum Gasteiger partial charge on any atom is 0.335 e. The summed E-state index contributed by atoms with van der Waals surface area (Å²) >= 11 is 0. The molecule has 0 amide bonds. The molecule has 4 nitrogen and oxygen atoms in total. The van der Waals surface area contributed by atoms with E-state index in [1.807, 2.05) is 0 Å². The molecule has 1 aliphatic heterocycles. The van der Waals surface area contributed by atoms with Gasteiger partial charge in [0.05, 0.1) is 11.7 Å². The van der Waals surface area contributed by atoms with Gasteiger partial charge in [-0.25, -0.2) is 4.79 Å². The second-order valence-corrected chi connectivity index (χ2v) is 3.90. The number of rotatable bonds is 4. The molecule has 0 aromatic heterocycles. The molecule has 16 heavy (non-hydrogen) atoms. The maximum atomic E-state index is 10.6. The number of carboxylic acids is 1. The van der Waals surface area contributed by atoms with Gasteiger partial charge in [0.25, 0.3) is 0 Å². The molecule has 2 rings (SSSR count). The molecule has 1 atom stereocenters. The second kappa shape index (κ2) is 4.99. The van der Waals surface area contributed by atoms with Crippen molar-refractivity contribution in [3.8, 4) is 0 Å². The predicted molar refractivity (Wildman–Crippen MR) is 60.9 cm³/mol. The smallest absolute Gasteiger partial charge is 0.335 e. The Bertz CT molecular complexity index is 355. The summed E-state index contributed by atoms with van der Waals surface area (Å²) in [5, 5.41) is 12.0. The summed E-state index contributed by atoms with van der Waals surface area (Å²) in [6.45, 7) is 1.64. The molecule has 2 N–H and O–H groups in total. The van der Waals surface area contributed by atoms with E-state index in [0.29, 0.717) is 11.7 Å². The fourth-order valence-corrected chi connectivity index (χ4v) is 1.77. The number of ether oxygens (including phenoxy) is 1. The molecule has 1 aromatic carbocycles. The van der Waals surface area contributed by atoms with Gasteiger partial charge in [0.2, 0.25) is 0 Å². The number of anilines is 1. The first-order valence-electron chi connectivity index (χ1n) is 5.44. The molecule has 0 bridgehead atoms. The second-order valence-electron chi connectivity index (χ2n) is 3.90. The van der Waals surface area contributed by atoms with Crippen LogP contribution in [-0.2, 0) is 4.74 Å². The van der Waals surface area contributed by atoms with E-state index in [0.717, 1.165) is 31.7 Å². The van der Waals surface area contributed by atoms with Crippen LogP contribution in [0.2, 0.25) is 0 Å². The van der Waals surface area contributed by atoms with Crippen LogP contribution < -0.4 is 5.32 Å². The van der Waals surface area contributed by atoms with Crippen molar-refractivity contribution in [2.45, 2.75) is 18.9 Å². The molecule has 0 spiro atoms. The van der Waals surface area contributed by atoms with Crippen LogP contribution in [0.3, 0.4) is 0 Å². The lowest BCUT2D eigenvalue weighted by Crippen LogP contribution is -2.18. The van der Waals surface area contributed by atoms with Gasteiger partial charge in [0.15, 0.2) is 0 Å². The maximum absolute atomic E-state index is 10.6. The number of carbonyl (C=O) groups is 1. The van der Waals surface area contributed by atoms with Crippen LogP contribution in [0, 0.1) is 0 Å². The molecule has 1 unspecified atom stereocenters. The van der Waals surface area contributed by atoms with Crippen molar-refractivity contribution >= 4 is 11.7 Å². The number of aromatic carboxylic acids is 1. The van der Waals surface area contributed by atoms with E-state index < -0.39 is 5.97 Å². The Labute approximate surface area is 94.2 Å². The van der Waals surface area contributed by atoms with Gasteiger partial charge in [-0.2, -0.15) is 0 Å². The zero-order chi connectivity index (χ0) is 11.4. The largest absolute Gasteiger partial charge is 0.478 e. The first-order chi connectivity index (χ1) is 7.75. The van der Waals surface area contributed by atoms with Crippen LogP contribution in [-0.4, -0.2) is 30.3 Å². The monoisotopic (exact) mass is 221 g/mol. The van der Waals surface area contributed by atoms with Crippen LogP contribution in [0.4, 0.5) is 5.69 Å². The van der Waals surface area contributed by atoms with E-state index in [-0.39, 0.29) is 0 Å². The molecule has 0 saturated carbocycles. The van der Waals surface area contributed by atoms with Crippen molar-refractivity contribution in [2.75, 3.05) is 18.5 Å². The average Bonchev–Trinajstić information content (AvgIpc) is 2.80. The number of nitrogens with one attached hydrogen (secondary N) is 1. The average molecular weight is 221 g/mol. The van der Waals surface area contributed by atoms with Crippen LogP contribution in [0.5, 0.6) is 0 Å². The minimum Gasteiger partial charge on any atom is -0.478 e. The first-order valence-corrected chi connectivity index (χ1v) is 5.44. The molecular weight excluding hydrogens is 206 g/mol. The van der Waals surface area contributed by atoms with Crippen LogP contribution in [0.15, 0.2) is 24.3 Å². The molecule has 86 valence electrons. The third-order valence-electron chi connectivity index (χ3n) is 2.69. The Balaban J connectivity index is 1.87. The Kier molecular flexibility index (Phi) is 3.41. The molecular formula is C12H15NO3. The van der Waals surface area contributed by atoms with E-state index >= 15 is 0 Å². The van der Waals surface area contributed by atoms with E-state index in [1.54, 1.807) is 24.3 Å². The quantitative estimate of drug-likeness (QED) is 0.816. The number of benzene rings is 1. The van der Waals surface area contributed by atoms with E-state index in [4.69, 9.17) is 9.84 Å². The van der Waals surface area contributed by atoms with Crippen molar-refractivity contribution in [2.24, 2.45) is 0 Å². The van der Waals surface area contributed by atoms with Crippen molar-refractivity contribution in [3.05, 3.63) is 29.8 Å². The minimum atomic E-state index is -0.898. The van der Waals surface area contributed by atoms with E-state index in [1.165, 1.54) is 0 Å². The summed E-state index contributed by atoms with van der Waals surface area (Å²) in [5.41, 5.74) is 1.24. The van der Waals surface area contributed by atoms with Crippen molar-refractivity contribution in [3.63, 3.8) is 0 Å². The fraction of sp³-hybridized carbons (Fsp3) is 0.417. The summed E-state index contributed by atoms with van der Waals surface area (Å²) in [6, 6.07) is 6.75. The SMILES string of the molecule is O=C(O)c1ccc(NCC2CCCO2)cc1. The predicted octanol–water partition coefficient (Wildman–Crippen LogP) is 1.98. The lowest BCUT2D eigenvalue weighted by Gasteiger charge is -2.11. The Morgan fingerprint density at radius 1 is 1.44 bits per heavy atom. The number of carboxylic acid groups (broad SMARTS) is 1. The van der Waals surface area contributed by atoms with E-state index in [9.17, 15) is 4.79 Å². The first kappa shape index (κ1) is 11.0. The van der Waals surface area contributed by atoms with Gasteiger partial charge in [-0.15, -0.1) is 0 Å². The zero-order valence-electron chi connectivity index (χ0n) is 8.98. The fourth-order valence-electron chi connectivity index (χ4n) is 1.77. The lowest BCUT2D eigenvalue weighted by molar-refractivity contribution is 0.0697. The summed E-state index contributed by atoms with van der Waals surface area (Å²) in [4.78, 5) is 10.6. The van der Waals surface area contributed by atoms with Gasteiger partial charge in [-0.3, -0.25) is 0 Å². The van der Waals surface area contributed by atoms with Crippen molar-refractivity contribution < 1.29 is 14.6 Å². The van der Waals surface area contributed by atoms with Crippen LogP contribution in [0.25, 0.3) is 0 Å². The highest BCUT2D eigenvalue weighted by atomic mass is 16.5. The zero-order valence-corrected chi connectivity index (χ0v) is 8.98. The third kappa shape index (κ3) is 2.73. The van der Waals surface area contributed by atoms with Crippen molar-refractivity contribution in [1.29, 1.82) is 0 Å². The highest BCUT2D eigenvalue weighted by Gasteiger charge is 2.14. The number of hydrogen-bond acceptors (Lipinski definition) is 3.